The monoisotopic (exact) mass is 272 g/mol. The van der Waals surface area contributed by atoms with Crippen molar-refractivity contribution < 1.29 is 19.8 Å². The van der Waals surface area contributed by atoms with Crippen LogP contribution < -0.4 is 5.32 Å². The highest BCUT2D eigenvalue weighted by atomic mass is 16.4. The number of aromatic carboxylic acids is 1. The number of aliphatic hydroxyl groups excluding tert-OH is 1. The highest BCUT2D eigenvalue weighted by Gasteiger charge is 2.18. The highest BCUT2D eigenvalue weighted by Crippen LogP contribution is 2.16. The number of carbonyl (C=O) groups is 2. The number of pyridine rings is 1. The molecule has 6 nitrogen and oxygen atoms in total. The molecule has 2 rings (SSSR count). The van der Waals surface area contributed by atoms with Crippen molar-refractivity contribution in [3.63, 3.8) is 0 Å². The molecule has 0 saturated heterocycles. The van der Waals surface area contributed by atoms with Gasteiger partial charge in [-0.1, -0.05) is 18.2 Å². The maximum atomic E-state index is 12.1. The van der Waals surface area contributed by atoms with Crippen LogP contribution in [0.25, 0.3) is 0 Å². The minimum atomic E-state index is -1.22. The van der Waals surface area contributed by atoms with Crippen LogP contribution in [-0.2, 0) is 6.61 Å². The number of nitrogens with zero attached hydrogens (tertiary/aromatic N) is 1. The maximum absolute atomic E-state index is 12.1. The van der Waals surface area contributed by atoms with Gasteiger partial charge in [0.15, 0.2) is 0 Å². The molecule has 102 valence electrons. The summed E-state index contributed by atoms with van der Waals surface area (Å²) in [7, 11) is 0. The second-order valence-electron chi connectivity index (χ2n) is 3.97. The molecule has 6 heteroatoms. The summed E-state index contributed by atoms with van der Waals surface area (Å²) in [4.78, 5) is 26.9. The van der Waals surface area contributed by atoms with Gasteiger partial charge in [-0.05, 0) is 18.2 Å². The molecule has 1 aromatic heterocycles. The molecule has 0 fully saturated rings. The molecule has 0 atom stereocenters. The number of amides is 1. The summed E-state index contributed by atoms with van der Waals surface area (Å²) in [5.41, 5.74) is 0.606. The quantitative estimate of drug-likeness (QED) is 0.783. The average molecular weight is 272 g/mol. The zero-order chi connectivity index (χ0) is 14.5. The number of para-hydroxylation sites is 1. The molecular formula is C14H12N2O4. The van der Waals surface area contributed by atoms with Crippen molar-refractivity contribution in [1.82, 2.24) is 4.98 Å². The number of aliphatic hydroxyl groups is 1. The van der Waals surface area contributed by atoms with Crippen molar-refractivity contribution in [2.45, 2.75) is 6.61 Å². The van der Waals surface area contributed by atoms with Crippen LogP contribution in [0.5, 0.6) is 0 Å². The average Bonchev–Trinajstić information content (AvgIpc) is 2.47. The van der Waals surface area contributed by atoms with Crippen molar-refractivity contribution in [3.8, 4) is 0 Å². The van der Waals surface area contributed by atoms with Crippen molar-refractivity contribution in [1.29, 1.82) is 0 Å². The van der Waals surface area contributed by atoms with E-state index >= 15 is 0 Å². The van der Waals surface area contributed by atoms with Crippen LogP contribution in [0.1, 0.15) is 26.4 Å². The summed E-state index contributed by atoms with van der Waals surface area (Å²) in [5, 5.41) is 20.8. The first kappa shape index (κ1) is 13.7. The number of rotatable bonds is 4. The summed E-state index contributed by atoms with van der Waals surface area (Å²) < 4.78 is 0. The molecular weight excluding hydrogens is 260 g/mol. The Labute approximate surface area is 114 Å². The molecule has 0 aliphatic heterocycles. The third kappa shape index (κ3) is 2.81. The lowest BCUT2D eigenvalue weighted by Gasteiger charge is -2.09. The summed E-state index contributed by atoms with van der Waals surface area (Å²) in [5.74, 6) is -1.86. The van der Waals surface area contributed by atoms with E-state index in [2.05, 4.69) is 10.3 Å². The topological polar surface area (TPSA) is 99.5 Å². The molecule has 0 aliphatic rings. The fourth-order valence-corrected chi connectivity index (χ4v) is 1.72. The van der Waals surface area contributed by atoms with E-state index in [0.29, 0.717) is 11.3 Å². The van der Waals surface area contributed by atoms with Crippen LogP contribution in [0, 0.1) is 0 Å². The van der Waals surface area contributed by atoms with Crippen LogP contribution in [0.4, 0.5) is 5.69 Å². The van der Waals surface area contributed by atoms with Gasteiger partial charge in [0.2, 0.25) is 0 Å². The maximum Gasteiger partial charge on any atom is 0.338 e. The lowest BCUT2D eigenvalue weighted by atomic mass is 10.1. The Morgan fingerprint density at radius 3 is 2.60 bits per heavy atom. The van der Waals surface area contributed by atoms with Gasteiger partial charge in [-0.2, -0.15) is 0 Å². The zero-order valence-electron chi connectivity index (χ0n) is 10.4. The number of aromatic nitrogens is 1. The highest BCUT2D eigenvalue weighted by molar-refractivity contribution is 6.09. The number of benzene rings is 1. The Balaban J connectivity index is 2.31. The molecule has 0 radical (unpaired) electrons. The predicted molar refractivity (Wildman–Crippen MR) is 71.5 cm³/mol. The molecule has 0 unspecified atom stereocenters. The molecule has 0 aliphatic carbocycles. The van der Waals surface area contributed by atoms with Gasteiger partial charge in [-0.25, -0.2) is 4.79 Å². The third-order valence-corrected chi connectivity index (χ3v) is 2.69. The molecule has 2 aromatic rings. The van der Waals surface area contributed by atoms with Crippen LogP contribution in [0.15, 0.2) is 42.6 Å². The summed E-state index contributed by atoms with van der Waals surface area (Å²) in [6.45, 7) is -0.232. The minimum absolute atomic E-state index is 0.173. The number of hydrogen-bond donors (Lipinski definition) is 3. The molecule has 20 heavy (non-hydrogen) atoms. The smallest absolute Gasteiger partial charge is 0.338 e. The molecule has 0 bridgehead atoms. The van der Waals surface area contributed by atoms with Gasteiger partial charge >= 0.3 is 5.97 Å². The van der Waals surface area contributed by atoms with E-state index in [0.717, 1.165) is 0 Å². The van der Waals surface area contributed by atoms with E-state index in [1.807, 2.05) is 0 Å². The fraction of sp³-hybridized carbons (Fsp3) is 0.0714. The van der Waals surface area contributed by atoms with E-state index in [1.54, 1.807) is 24.3 Å². The van der Waals surface area contributed by atoms with Gasteiger partial charge in [0.25, 0.3) is 5.91 Å². The van der Waals surface area contributed by atoms with Crippen molar-refractivity contribution in [2.75, 3.05) is 5.32 Å². The first-order valence-electron chi connectivity index (χ1n) is 5.82. The molecule has 1 aromatic carbocycles. The van der Waals surface area contributed by atoms with E-state index in [1.165, 1.54) is 18.3 Å². The van der Waals surface area contributed by atoms with E-state index < -0.39 is 11.9 Å². The minimum Gasteiger partial charge on any atom is -0.478 e. The number of carbonyl (C=O) groups excluding carboxylic acids is 1. The van der Waals surface area contributed by atoms with Crippen LogP contribution in [0.3, 0.4) is 0 Å². The van der Waals surface area contributed by atoms with Crippen LogP contribution in [0.2, 0.25) is 0 Å². The van der Waals surface area contributed by atoms with Gasteiger partial charge < -0.3 is 15.5 Å². The van der Waals surface area contributed by atoms with Gasteiger partial charge in [0, 0.05) is 17.4 Å². The van der Waals surface area contributed by atoms with Gasteiger partial charge in [-0.15, -0.1) is 0 Å². The Bertz CT molecular complexity index is 655. The second kappa shape index (κ2) is 5.94. The molecule has 0 saturated carbocycles. The van der Waals surface area contributed by atoms with E-state index in [4.69, 9.17) is 5.11 Å². The van der Waals surface area contributed by atoms with Gasteiger partial charge in [0.1, 0.15) is 5.69 Å². The van der Waals surface area contributed by atoms with Crippen molar-refractivity contribution in [3.05, 3.63) is 59.4 Å². The zero-order valence-corrected chi connectivity index (χ0v) is 10.4. The Morgan fingerprint density at radius 2 is 1.90 bits per heavy atom. The van der Waals surface area contributed by atoms with Crippen molar-refractivity contribution in [2.24, 2.45) is 0 Å². The molecule has 1 heterocycles. The van der Waals surface area contributed by atoms with Crippen LogP contribution >= 0.6 is 0 Å². The Morgan fingerprint density at radius 1 is 1.15 bits per heavy atom. The first-order chi connectivity index (χ1) is 9.63. The molecule has 0 spiro atoms. The van der Waals surface area contributed by atoms with Gasteiger partial charge in [0.05, 0.1) is 12.2 Å². The lowest BCUT2D eigenvalue weighted by Crippen LogP contribution is -2.18. The normalized spacial score (nSPS) is 10.1. The largest absolute Gasteiger partial charge is 0.478 e. The molecule has 1 amide bonds. The summed E-state index contributed by atoms with van der Waals surface area (Å²) in [6, 6.07) is 9.46. The molecule has 3 N–H and O–H groups in total. The van der Waals surface area contributed by atoms with Crippen LogP contribution in [-0.4, -0.2) is 27.1 Å². The Kier molecular flexibility index (Phi) is 4.07. The first-order valence-corrected chi connectivity index (χ1v) is 5.82. The second-order valence-corrected chi connectivity index (χ2v) is 3.97. The summed E-state index contributed by atoms with van der Waals surface area (Å²) in [6.07, 6.45) is 1.35. The SMILES string of the molecule is O=C(O)c1cccnc1C(=O)Nc1ccccc1CO. The number of hydrogen-bond acceptors (Lipinski definition) is 4. The van der Waals surface area contributed by atoms with E-state index in [-0.39, 0.29) is 17.9 Å². The lowest BCUT2D eigenvalue weighted by molar-refractivity contribution is 0.0691. The van der Waals surface area contributed by atoms with E-state index in [9.17, 15) is 14.7 Å². The fourth-order valence-electron chi connectivity index (χ4n) is 1.72. The standard InChI is InChI=1S/C14H12N2O4/c17-8-9-4-1-2-6-11(9)16-13(18)12-10(14(19)20)5-3-7-15-12/h1-7,17H,8H2,(H,16,18)(H,19,20). The summed E-state index contributed by atoms with van der Waals surface area (Å²) >= 11 is 0. The predicted octanol–water partition coefficient (Wildman–Crippen LogP) is 1.52. The van der Waals surface area contributed by atoms with Crippen molar-refractivity contribution >= 4 is 17.6 Å². The Hall–Kier alpha value is -2.73. The number of carboxylic acid groups (broad SMARTS) is 1. The third-order valence-electron chi connectivity index (χ3n) is 2.69. The van der Waals surface area contributed by atoms with Gasteiger partial charge in [-0.3, -0.25) is 9.78 Å². The number of nitrogens with one attached hydrogen (secondary N) is 1. The number of anilines is 1. The number of carboxylic acids is 1.